The fourth-order valence-corrected chi connectivity index (χ4v) is 3.31. The van der Waals surface area contributed by atoms with Gasteiger partial charge in [-0.3, -0.25) is 0 Å². The molecule has 1 saturated heterocycles. The van der Waals surface area contributed by atoms with Gasteiger partial charge in [-0.15, -0.1) is 0 Å². The highest BCUT2D eigenvalue weighted by Gasteiger charge is 2.17. The van der Waals surface area contributed by atoms with E-state index in [4.69, 9.17) is 9.47 Å². The predicted octanol–water partition coefficient (Wildman–Crippen LogP) is 2.55. The lowest BCUT2D eigenvalue weighted by atomic mass is 10.1. The van der Waals surface area contributed by atoms with Crippen LogP contribution < -0.4 is 4.74 Å². The molecular weight excluding hydrogens is 332 g/mol. The summed E-state index contributed by atoms with van der Waals surface area (Å²) in [5, 5.41) is 0. The topological polar surface area (TPSA) is 52.6 Å². The molecule has 1 aliphatic heterocycles. The molecule has 0 aromatic heterocycles. The van der Waals surface area contributed by atoms with Crippen molar-refractivity contribution in [2.45, 2.75) is 24.7 Å². The first kappa shape index (κ1) is 14.8. The molecule has 0 radical (unpaired) electrons. The molecule has 1 heterocycles. The highest BCUT2D eigenvalue weighted by Crippen LogP contribution is 2.29. The van der Waals surface area contributed by atoms with Gasteiger partial charge in [0.2, 0.25) is 0 Å². The van der Waals surface area contributed by atoms with Gasteiger partial charge in [-0.2, -0.15) is 0 Å². The van der Waals surface area contributed by atoms with Crippen molar-refractivity contribution in [2.75, 3.05) is 19.5 Å². The summed E-state index contributed by atoms with van der Waals surface area (Å²) in [6, 6.07) is 5.41. The molecule has 1 aliphatic rings. The van der Waals surface area contributed by atoms with E-state index < -0.39 is 9.84 Å². The number of ether oxygens (including phenoxy) is 2. The van der Waals surface area contributed by atoms with Crippen molar-refractivity contribution in [3.8, 4) is 5.75 Å². The van der Waals surface area contributed by atoms with Gasteiger partial charge >= 0.3 is 0 Å². The van der Waals surface area contributed by atoms with Gasteiger partial charge in [-0.1, -0.05) is 6.07 Å². The molecular formula is C13H17BrO4S. The van der Waals surface area contributed by atoms with Gasteiger partial charge in [0.1, 0.15) is 11.9 Å². The Balaban J connectivity index is 2.06. The van der Waals surface area contributed by atoms with Gasteiger partial charge in [-0.05, 0) is 33.6 Å². The largest absolute Gasteiger partial charge is 0.489 e. The van der Waals surface area contributed by atoms with Crippen LogP contribution in [0.3, 0.4) is 0 Å². The van der Waals surface area contributed by atoms with E-state index in [1.807, 2.05) is 6.07 Å². The Morgan fingerprint density at radius 1 is 1.37 bits per heavy atom. The Hall–Kier alpha value is -0.590. The van der Waals surface area contributed by atoms with Gasteiger partial charge in [0.25, 0.3) is 0 Å². The van der Waals surface area contributed by atoms with Crippen LogP contribution in [-0.2, 0) is 20.3 Å². The fourth-order valence-electron chi connectivity index (χ4n) is 2.01. The summed E-state index contributed by atoms with van der Waals surface area (Å²) in [5.41, 5.74) is 0.758. The molecule has 19 heavy (non-hydrogen) atoms. The number of hydrogen-bond donors (Lipinski definition) is 0. The average molecular weight is 349 g/mol. The minimum absolute atomic E-state index is 0.0448. The number of halogens is 1. The zero-order chi connectivity index (χ0) is 13.9. The maximum atomic E-state index is 11.3. The van der Waals surface area contributed by atoms with Crippen LogP contribution in [0.25, 0.3) is 0 Å². The van der Waals surface area contributed by atoms with Crippen LogP contribution in [-0.4, -0.2) is 34.0 Å². The Bertz CT molecular complexity index is 536. The van der Waals surface area contributed by atoms with E-state index in [0.717, 1.165) is 41.8 Å². The molecule has 4 nitrogen and oxygen atoms in total. The van der Waals surface area contributed by atoms with Crippen LogP contribution in [0, 0.1) is 0 Å². The first-order valence-corrected chi connectivity index (χ1v) is 9.00. The van der Waals surface area contributed by atoms with E-state index in [1.54, 1.807) is 12.1 Å². The predicted molar refractivity (Wildman–Crippen MR) is 77.2 cm³/mol. The first-order valence-electron chi connectivity index (χ1n) is 6.14. The molecule has 0 spiro atoms. The van der Waals surface area contributed by atoms with E-state index in [1.165, 1.54) is 6.26 Å². The van der Waals surface area contributed by atoms with Crippen LogP contribution in [0.4, 0.5) is 0 Å². The molecule has 1 fully saturated rings. The number of sulfone groups is 1. The number of hydrogen-bond acceptors (Lipinski definition) is 4. The van der Waals surface area contributed by atoms with Crippen LogP contribution in [0.5, 0.6) is 5.75 Å². The van der Waals surface area contributed by atoms with E-state index >= 15 is 0 Å². The minimum atomic E-state index is -3.01. The monoisotopic (exact) mass is 348 g/mol. The third kappa shape index (κ3) is 4.78. The normalized spacial score (nSPS) is 17.4. The quantitative estimate of drug-likeness (QED) is 0.838. The molecule has 1 aromatic carbocycles. The molecule has 0 N–H and O–H groups in total. The third-order valence-corrected chi connectivity index (χ3v) is 4.36. The van der Waals surface area contributed by atoms with Crippen molar-refractivity contribution in [3.05, 3.63) is 28.2 Å². The van der Waals surface area contributed by atoms with Crippen molar-refractivity contribution < 1.29 is 17.9 Å². The van der Waals surface area contributed by atoms with Crippen LogP contribution in [0.1, 0.15) is 18.4 Å². The first-order chi connectivity index (χ1) is 8.94. The molecule has 0 aliphatic carbocycles. The van der Waals surface area contributed by atoms with Crippen LogP contribution in [0.15, 0.2) is 22.7 Å². The molecule has 0 bridgehead atoms. The molecule has 0 unspecified atom stereocenters. The van der Waals surface area contributed by atoms with Gasteiger partial charge < -0.3 is 9.47 Å². The van der Waals surface area contributed by atoms with Gasteiger partial charge in [-0.25, -0.2) is 8.42 Å². The molecule has 2 rings (SSSR count). The van der Waals surface area contributed by atoms with Crippen LogP contribution >= 0.6 is 15.9 Å². The summed E-state index contributed by atoms with van der Waals surface area (Å²) >= 11 is 3.43. The van der Waals surface area contributed by atoms with Crippen molar-refractivity contribution in [2.24, 2.45) is 0 Å². The lowest BCUT2D eigenvalue weighted by molar-refractivity contribution is 0.0252. The van der Waals surface area contributed by atoms with E-state index in [9.17, 15) is 8.42 Å². The maximum Gasteiger partial charge on any atom is 0.151 e. The Morgan fingerprint density at radius 3 is 2.63 bits per heavy atom. The second kappa shape index (κ2) is 6.24. The van der Waals surface area contributed by atoms with Crippen LogP contribution in [0.2, 0.25) is 0 Å². The lowest BCUT2D eigenvalue weighted by Crippen LogP contribution is -2.26. The summed E-state index contributed by atoms with van der Waals surface area (Å²) in [4.78, 5) is 0. The van der Waals surface area contributed by atoms with Crippen molar-refractivity contribution in [1.29, 1.82) is 0 Å². The second-order valence-electron chi connectivity index (χ2n) is 4.76. The van der Waals surface area contributed by atoms with E-state index in [2.05, 4.69) is 15.9 Å². The fraction of sp³-hybridized carbons (Fsp3) is 0.538. The summed E-state index contributed by atoms with van der Waals surface area (Å²) < 4.78 is 34.5. The molecule has 0 saturated carbocycles. The number of rotatable bonds is 4. The molecule has 6 heteroatoms. The maximum absolute atomic E-state index is 11.3. The van der Waals surface area contributed by atoms with E-state index in [0.29, 0.717) is 0 Å². The molecule has 0 atom stereocenters. The van der Waals surface area contributed by atoms with Crippen molar-refractivity contribution >= 4 is 25.8 Å². The zero-order valence-corrected chi connectivity index (χ0v) is 13.2. The van der Waals surface area contributed by atoms with E-state index in [-0.39, 0.29) is 11.9 Å². The minimum Gasteiger partial charge on any atom is -0.489 e. The standard InChI is InChI=1S/C13H17BrO4S/c1-19(15,16)9-10-2-3-13(12(14)8-10)18-11-4-6-17-7-5-11/h2-3,8,11H,4-7,9H2,1H3. The zero-order valence-electron chi connectivity index (χ0n) is 10.8. The molecule has 1 aromatic rings. The summed E-state index contributed by atoms with van der Waals surface area (Å²) in [5.74, 6) is 0.799. The summed E-state index contributed by atoms with van der Waals surface area (Å²) in [6.07, 6.45) is 3.17. The highest BCUT2D eigenvalue weighted by atomic mass is 79.9. The van der Waals surface area contributed by atoms with Gasteiger partial charge in [0.15, 0.2) is 9.84 Å². The Labute approximate surface area is 122 Å². The summed E-state index contributed by atoms with van der Waals surface area (Å²) in [6.45, 7) is 1.46. The average Bonchev–Trinajstić information content (AvgIpc) is 2.32. The number of benzene rings is 1. The second-order valence-corrected chi connectivity index (χ2v) is 7.76. The van der Waals surface area contributed by atoms with Gasteiger partial charge in [0.05, 0.1) is 23.4 Å². The molecule has 0 amide bonds. The lowest BCUT2D eigenvalue weighted by Gasteiger charge is -2.24. The van der Waals surface area contributed by atoms with Crippen molar-refractivity contribution in [3.63, 3.8) is 0 Å². The Kier molecular flexibility index (Phi) is 4.86. The van der Waals surface area contributed by atoms with Crippen molar-refractivity contribution in [1.82, 2.24) is 0 Å². The SMILES string of the molecule is CS(=O)(=O)Cc1ccc(OC2CCOCC2)c(Br)c1. The third-order valence-electron chi connectivity index (χ3n) is 2.89. The highest BCUT2D eigenvalue weighted by molar-refractivity contribution is 9.10. The van der Waals surface area contributed by atoms with Gasteiger partial charge in [0, 0.05) is 19.1 Å². The summed E-state index contributed by atoms with van der Waals surface area (Å²) in [7, 11) is -3.01. The Morgan fingerprint density at radius 2 is 2.05 bits per heavy atom. The molecule has 106 valence electrons. The smallest absolute Gasteiger partial charge is 0.151 e.